The first-order valence-corrected chi connectivity index (χ1v) is 10.4. The molecule has 1 heterocycles. The van der Waals surface area contributed by atoms with Crippen LogP contribution in [0.2, 0.25) is 0 Å². The van der Waals surface area contributed by atoms with Crippen molar-refractivity contribution >= 4 is 9.84 Å². The highest BCUT2D eigenvalue weighted by molar-refractivity contribution is 7.90. The molecule has 0 amide bonds. The van der Waals surface area contributed by atoms with Crippen molar-refractivity contribution in [2.24, 2.45) is 0 Å². The molecule has 9 heteroatoms. The van der Waals surface area contributed by atoms with Gasteiger partial charge < -0.3 is 4.74 Å². The van der Waals surface area contributed by atoms with Gasteiger partial charge in [-0.05, 0) is 41.5 Å². The lowest BCUT2D eigenvalue weighted by Gasteiger charge is -2.33. The van der Waals surface area contributed by atoms with Crippen molar-refractivity contribution in [3.63, 3.8) is 0 Å². The lowest BCUT2D eigenvalue weighted by Crippen LogP contribution is -2.37. The molecule has 1 unspecified atom stereocenters. The number of morpholine rings is 1. The molecule has 0 saturated carbocycles. The quantitative estimate of drug-likeness (QED) is 0.710. The molecule has 1 fully saturated rings. The van der Waals surface area contributed by atoms with E-state index in [0.717, 1.165) is 24.0 Å². The Morgan fingerprint density at radius 1 is 1.14 bits per heavy atom. The van der Waals surface area contributed by atoms with Gasteiger partial charge in [0.25, 0.3) is 0 Å². The molecule has 1 saturated heterocycles. The van der Waals surface area contributed by atoms with E-state index < -0.39 is 27.4 Å². The van der Waals surface area contributed by atoms with E-state index in [4.69, 9.17) is 4.74 Å². The normalized spacial score (nSPS) is 19.0. The van der Waals surface area contributed by atoms with Crippen LogP contribution in [0.5, 0.6) is 0 Å². The van der Waals surface area contributed by atoms with E-state index in [1.54, 1.807) is 12.1 Å². The number of benzene rings is 2. The zero-order valence-electron chi connectivity index (χ0n) is 15.0. The number of sulfone groups is 1. The largest absolute Gasteiger partial charge is 0.416 e. The number of halogens is 4. The Balaban J connectivity index is 1.73. The molecule has 2 aromatic carbocycles. The van der Waals surface area contributed by atoms with E-state index in [0.29, 0.717) is 25.8 Å². The highest BCUT2D eigenvalue weighted by Crippen LogP contribution is 2.31. The minimum absolute atomic E-state index is 0.155. The van der Waals surface area contributed by atoms with Gasteiger partial charge in [-0.3, -0.25) is 4.90 Å². The van der Waals surface area contributed by atoms with Crippen LogP contribution in [0.4, 0.5) is 17.6 Å². The molecule has 4 nitrogen and oxygen atoms in total. The van der Waals surface area contributed by atoms with Crippen LogP contribution in [0.3, 0.4) is 0 Å². The molecule has 3 rings (SSSR count). The smallest absolute Gasteiger partial charge is 0.371 e. The van der Waals surface area contributed by atoms with Crippen molar-refractivity contribution in [2.75, 3.05) is 26.0 Å². The summed E-state index contributed by atoms with van der Waals surface area (Å²) in [6.07, 6.45) is -3.83. The lowest BCUT2D eigenvalue weighted by atomic mass is 10.1. The number of nitrogens with zero attached hydrogens (tertiary/aromatic N) is 1. The van der Waals surface area contributed by atoms with Gasteiger partial charge in [0.15, 0.2) is 9.84 Å². The molecule has 1 atom stereocenters. The predicted molar refractivity (Wildman–Crippen MR) is 94.9 cm³/mol. The van der Waals surface area contributed by atoms with Crippen LogP contribution >= 0.6 is 0 Å². The van der Waals surface area contributed by atoms with Crippen LogP contribution in [0.1, 0.15) is 22.8 Å². The van der Waals surface area contributed by atoms with Crippen LogP contribution in [0, 0.1) is 5.82 Å². The fourth-order valence-electron chi connectivity index (χ4n) is 3.14. The third-order valence-electron chi connectivity index (χ3n) is 4.52. The second-order valence-corrected chi connectivity index (χ2v) is 8.80. The Morgan fingerprint density at radius 2 is 1.82 bits per heavy atom. The van der Waals surface area contributed by atoms with Crippen LogP contribution in [0.15, 0.2) is 47.4 Å². The summed E-state index contributed by atoms with van der Waals surface area (Å²) in [5.74, 6) is -0.925. The molecule has 1 aliphatic heterocycles. The summed E-state index contributed by atoms with van der Waals surface area (Å²) >= 11 is 0. The van der Waals surface area contributed by atoms with Gasteiger partial charge >= 0.3 is 6.18 Å². The second kappa shape index (κ2) is 7.81. The fourth-order valence-corrected chi connectivity index (χ4v) is 3.77. The monoisotopic (exact) mass is 417 g/mol. The van der Waals surface area contributed by atoms with Crippen LogP contribution in [-0.2, 0) is 27.3 Å². The van der Waals surface area contributed by atoms with Gasteiger partial charge in [0.1, 0.15) is 5.82 Å². The van der Waals surface area contributed by atoms with Crippen LogP contribution in [0.25, 0.3) is 0 Å². The molecule has 0 aliphatic carbocycles. The van der Waals surface area contributed by atoms with Crippen molar-refractivity contribution in [1.29, 1.82) is 0 Å². The molecule has 0 radical (unpaired) electrons. The number of hydrogen-bond acceptors (Lipinski definition) is 4. The fraction of sp³-hybridized carbons (Fsp3) is 0.368. The average molecular weight is 417 g/mol. The van der Waals surface area contributed by atoms with E-state index in [1.165, 1.54) is 12.1 Å². The molecular weight excluding hydrogens is 398 g/mol. The van der Waals surface area contributed by atoms with Gasteiger partial charge in [-0.15, -0.1) is 0 Å². The maximum atomic E-state index is 13.6. The van der Waals surface area contributed by atoms with Gasteiger partial charge in [-0.2, -0.15) is 13.2 Å². The number of alkyl halides is 3. The summed E-state index contributed by atoms with van der Waals surface area (Å²) < 4.78 is 81.1. The van der Waals surface area contributed by atoms with Gasteiger partial charge in [-0.25, -0.2) is 12.8 Å². The minimum Gasteiger partial charge on any atom is -0.371 e. The molecule has 0 spiro atoms. The van der Waals surface area contributed by atoms with Crippen molar-refractivity contribution in [2.45, 2.75) is 23.7 Å². The lowest BCUT2D eigenvalue weighted by molar-refractivity contribution is -0.137. The Kier molecular flexibility index (Phi) is 5.79. The predicted octanol–water partition coefficient (Wildman–Crippen LogP) is 3.82. The van der Waals surface area contributed by atoms with Crippen LogP contribution < -0.4 is 0 Å². The van der Waals surface area contributed by atoms with Gasteiger partial charge in [0.05, 0.1) is 23.2 Å². The molecule has 2 aromatic rings. The zero-order chi connectivity index (χ0) is 20.5. The van der Waals surface area contributed by atoms with E-state index in [1.807, 2.05) is 4.90 Å². The van der Waals surface area contributed by atoms with Crippen molar-refractivity contribution < 1.29 is 30.7 Å². The van der Waals surface area contributed by atoms with E-state index in [2.05, 4.69) is 0 Å². The first-order valence-electron chi connectivity index (χ1n) is 8.53. The Bertz CT molecular complexity index is 943. The van der Waals surface area contributed by atoms with Gasteiger partial charge in [0.2, 0.25) is 0 Å². The SMILES string of the molecule is CS(=O)(=O)c1ccc(C2CN(Cc3cc(F)cc(C(F)(F)F)c3)CCO2)cc1. The third kappa shape index (κ3) is 5.09. The maximum absolute atomic E-state index is 13.6. The van der Waals surface area contributed by atoms with E-state index in [9.17, 15) is 26.0 Å². The summed E-state index contributed by atoms with van der Waals surface area (Å²) in [5, 5.41) is 0. The highest BCUT2D eigenvalue weighted by atomic mass is 32.2. The summed E-state index contributed by atoms with van der Waals surface area (Å²) in [6.45, 7) is 1.41. The summed E-state index contributed by atoms with van der Waals surface area (Å²) in [7, 11) is -3.30. The third-order valence-corrected chi connectivity index (χ3v) is 5.65. The molecule has 0 N–H and O–H groups in total. The average Bonchev–Trinajstić information content (AvgIpc) is 2.60. The highest BCUT2D eigenvalue weighted by Gasteiger charge is 2.31. The zero-order valence-corrected chi connectivity index (χ0v) is 15.9. The van der Waals surface area contributed by atoms with E-state index >= 15 is 0 Å². The molecule has 1 aliphatic rings. The summed E-state index contributed by atoms with van der Waals surface area (Å²) in [4.78, 5) is 2.08. The summed E-state index contributed by atoms with van der Waals surface area (Å²) in [6, 6.07) is 8.84. The molecule has 0 aromatic heterocycles. The Morgan fingerprint density at radius 3 is 2.43 bits per heavy atom. The summed E-state index contributed by atoms with van der Waals surface area (Å²) in [5.41, 5.74) is -0.00334. The van der Waals surface area contributed by atoms with Crippen molar-refractivity contribution in [3.05, 3.63) is 65.0 Å². The first-order chi connectivity index (χ1) is 13.0. The van der Waals surface area contributed by atoms with Crippen LogP contribution in [-0.4, -0.2) is 39.3 Å². The molecule has 28 heavy (non-hydrogen) atoms. The number of ether oxygens (including phenoxy) is 1. The van der Waals surface area contributed by atoms with Crippen molar-refractivity contribution in [1.82, 2.24) is 4.90 Å². The first kappa shape index (κ1) is 20.8. The van der Waals surface area contributed by atoms with Gasteiger partial charge in [-0.1, -0.05) is 12.1 Å². The van der Waals surface area contributed by atoms with E-state index in [-0.39, 0.29) is 23.1 Å². The topological polar surface area (TPSA) is 46.6 Å². The molecular formula is C19H19F4NO3S. The standard InChI is InChI=1S/C19H19F4NO3S/c1-28(25,26)17-4-2-14(3-5-17)18-12-24(6-7-27-18)11-13-8-15(19(21,22)23)10-16(20)9-13/h2-5,8-10,18H,6-7,11-12H2,1H3. The minimum atomic E-state index is -4.61. The molecule has 0 bridgehead atoms. The number of rotatable bonds is 4. The van der Waals surface area contributed by atoms with Crippen molar-refractivity contribution in [3.8, 4) is 0 Å². The Labute approximate surface area is 160 Å². The molecule has 152 valence electrons. The van der Waals surface area contributed by atoms with Gasteiger partial charge in [0, 0.05) is 25.9 Å². The maximum Gasteiger partial charge on any atom is 0.416 e. The number of hydrogen-bond donors (Lipinski definition) is 0. The second-order valence-electron chi connectivity index (χ2n) is 6.78. The Hall–Kier alpha value is -1.97.